The summed E-state index contributed by atoms with van der Waals surface area (Å²) < 4.78 is 13.2. The number of aliphatic hydroxyl groups is 2. The van der Waals surface area contributed by atoms with E-state index in [9.17, 15) is 14.5 Å². The molecule has 9 heteroatoms. The largest absolute Gasteiger partial charge is 0.616 e. The summed E-state index contributed by atoms with van der Waals surface area (Å²) in [7, 11) is 0. The number of hydrogen-bond acceptors (Lipinski definition) is 5. The first-order valence-corrected chi connectivity index (χ1v) is 11.9. The Bertz CT molecular complexity index is 990. The molecule has 0 bridgehead atoms. The number of carbonyl (C=O) groups is 1. The van der Waals surface area contributed by atoms with E-state index in [1.807, 2.05) is 30.3 Å². The van der Waals surface area contributed by atoms with E-state index >= 15 is 0 Å². The first kappa shape index (κ1) is 20.7. The number of aliphatic hydroxyl groups excluding tert-OH is 2. The first-order valence-electron chi connectivity index (χ1n) is 9.25. The van der Waals surface area contributed by atoms with Gasteiger partial charge in [-0.3, -0.25) is 4.79 Å². The zero-order chi connectivity index (χ0) is 20.5. The summed E-state index contributed by atoms with van der Waals surface area (Å²) in [6.07, 6.45) is -0.341. The number of aromatic amines is 1. The molecule has 4 atom stereocenters. The Morgan fingerprint density at radius 3 is 2.97 bits per heavy atom. The van der Waals surface area contributed by atoms with E-state index in [2.05, 4.69) is 10.3 Å². The molecule has 0 spiro atoms. The van der Waals surface area contributed by atoms with E-state index in [1.54, 1.807) is 6.07 Å². The Hall–Kier alpha value is -1.55. The van der Waals surface area contributed by atoms with Crippen LogP contribution in [-0.4, -0.2) is 55.9 Å². The molecule has 0 fully saturated rings. The van der Waals surface area contributed by atoms with Gasteiger partial charge in [-0.05, 0) is 29.7 Å². The van der Waals surface area contributed by atoms with Crippen molar-refractivity contribution in [3.8, 4) is 0 Å². The number of aromatic nitrogens is 1. The van der Waals surface area contributed by atoms with Crippen LogP contribution in [0.3, 0.4) is 0 Å². The number of hydrogen-bond donors (Lipinski definition) is 4. The molecule has 1 aliphatic rings. The van der Waals surface area contributed by atoms with Crippen LogP contribution in [0.4, 0.5) is 0 Å². The number of amides is 1. The molecule has 1 aromatic carbocycles. The molecule has 0 radical (unpaired) electrons. The lowest BCUT2D eigenvalue weighted by Gasteiger charge is -2.23. The van der Waals surface area contributed by atoms with Gasteiger partial charge in [0.05, 0.1) is 10.9 Å². The average molecular weight is 453 g/mol. The number of H-pyrrole nitrogens is 1. The predicted octanol–water partition coefficient (Wildman–Crippen LogP) is 2.42. The summed E-state index contributed by atoms with van der Waals surface area (Å²) in [6.45, 7) is -0.416. The van der Waals surface area contributed by atoms with Gasteiger partial charge >= 0.3 is 0 Å². The van der Waals surface area contributed by atoms with Crippen molar-refractivity contribution in [2.24, 2.45) is 0 Å². The minimum Gasteiger partial charge on any atom is -0.616 e. The molecule has 1 unspecified atom stereocenters. The maximum atomic E-state index is 12.8. The van der Waals surface area contributed by atoms with E-state index < -0.39 is 23.9 Å². The smallest absolute Gasteiger partial charge is 0.268 e. The standard InChI is InChI=1S/C20H21ClN2O4S2/c21-18-7-12-6-17(23-20(12)28-18)19(26)22-16-5-11-3-1-2-4-14(11)15(16)10-29(27)9-13(25)8-24/h1-4,6-7,13,15-16,23-25H,5,8-10H2,(H,22,26)/t13-,15+,16-,29?/m1/s1. The van der Waals surface area contributed by atoms with Crippen LogP contribution in [-0.2, 0) is 17.6 Å². The minimum absolute atomic E-state index is 0.0174. The number of halogens is 1. The van der Waals surface area contributed by atoms with E-state index in [1.165, 1.54) is 11.3 Å². The number of benzene rings is 1. The lowest BCUT2D eigenvalue weighted by atomic mass is 10.0. The number of nitrogens with one attached hydrogen (secondary N) is 2. The highest BCUT2D eigenvalue weighted by atomic mass is 35.5. The monoisotopic (exact) mass is 452 g/mol. The third-order valence-corrected chi connectivity index (χ3v) is 7.86. The van der Waals surface area contributed by atoms with E-state index in [0.717, 1.165) is 21.3 Å². The Morgan fingerprint density at radius 1 is 1.41 bits per heavy atom. The SMILES string of the molecule is O=C(N[C@@H]1Cc2ccccc2[C@@H]1C[S+]([O-])C[C@H](O)CO)c1cc2cc(Cl)sc2[nH]1. The van der Waals surface area contributed by atoms with Gasteiger partial charge < -0.3 is 25.1 Å². The predicted molar refractivity (Wildman–Crippen MR) is 116 cm³/mol. The molecule has 4 rings (SSSR count). The van der Waals surface area contributed by atoms with Crippen LogP contribution < -0.4 is 5.32 Å². The van der Waals surface area contributed by atoms with Gasteiger partial charge in [-0.1, -0.05) is 47.0 Å². The van der Waals surface area contributed by atoms with Crippen LogP contribution in [0.2, 0.25) is 4.34 Å². The third kappa shape index (κ3) is 4.47. The fraction of sp³-hybridized carbons (Fsp3) is 0.350. The van der Waals surface area contributed by atoms with Crippen molar-refractivity contribution in [3.63, 3.8) is 0 Å². The molecule has 29 heavy (non-hydrogen) atoms. The molecule has 2 heterocycles. The molecule has 2 aromatic heterocycles. The van der Waals surface area contributed by atoms with E-state index in [-0.39, 0.29) is 23.6 Å². The fourth-order valence-electron chi connectivity index (χ4n) is 3.83. The average Bonchev–Trinajstić information content (AvgIpc) is 3.33. The molecule has 0 aliphatic heterocycles. The van der Waals surface area contributed by atoms with Crippen molar-refractivity contribution in [2.45, 2.75) is 24.5 Å². The molecule has 1 amide bonds. The number of carbonyl (C=O) groups excluding carboxylic acids is 1. The van der Waals surface area contributed by atoms with Gasteiger partial charge in [-0.15, -0.1) is 11.3 Å². The van der Waals surface area contributed by atoms with Crippen LogP contribution in [0, 0.1) is 0 Å². The van der Waals surface area contributed by atoms with Crippen molar-refractivity contribution < 1.29 is 19.6 Å². The zero-order valence-corrected chi connectivity index (χ0v) is 17.8. The van der Waals surface area contributed by atoms with E-state index in [0.29, 0.717) is 22.2 Å². The van der Waals surface area contributed by atoms with Crippen LogP contribution in [0.15, 0.2) is 36.4 Å². The van der Waals surface area contributed by atoms with Crippen LogP contribution >= 0.6 is 22.9 Å². The van der Waals surface area contributed by atoms with Crippen molar-refractivity contribution in [1.82, 2.24) is 10.3 Å². The summed E-state index contributed by atoms with van der Waals surface area (Å²) in [5, 5.41) is 22.6. The van der Waals surface area contributed by atoms with Gasteiger partial charge in [0.15, 0.2) is 0 Å². The molecule has 0 saturated carbocycles. The molecule has 3 aromatic rings. The highest BCUT2D eigenvalue weighted by molar-refractivity contribution is 7.91. The molecule has 0 saturated heterocycles. The Balaban J connectivity index is 1.51. The zero-order valence-electron chi connectivity index (χ0n) is 15.4. The Labute approximate surface area is 180 Å². The van der Waals surface area contributed by atoms with Gasteiger partial charge in [0.2, 0.25) is 0 Å². The Morgan fingerprint density at radius 2 is 2.21 bits per heavy atom. The van der Waals surface area contributed by atoms with Crippen LogP contribution in [0.5, 0.6) is 0 Å². The second-order valence-electron chi connectivity index (χ2n) is 7.22. The topological polar surface area (TPSA) is 108 Å². The second-order valence-corrected chi connectivity index (χ2v) is 10.4. The van der Waals surface area contributed by atoms with Crippen molar-refractivity contribution >= 4 is 50.2 Å². The van der Waals surface area contributed by atoms with Crippen LogP contribution in [0.1, 0.15) is 27.5 Å². The van der Waals surface area contributed by atoms with E-state index in [4.69, 9.17) is 16.7 Å². The van der Waals surface area contributed by atoms with Crippen molar-refractivity contribution in [1.29, 1.82) is 0 Å². The first-order chi connectivity index (χ1) is 13.9. The summed E-state index contributed by atoms with van der Waals surface area (Å²) in [4.78, 5) is 16.8. The van der Waals surface area contributed by atoms with Crippen LogP contribution in [0.25, 0.3) is 10.2 Å². The van der Waals surface area contributed by atoms with Gasteiger partial charge in [0.25, 0.3) is 5.91 Å². The Kier molecular flexibility index (Phi) is 6.19. The maximum absolute atomic E-state index is 12.8. The lowest BCUT2D eigenvalue weighted by Crippen LogP contribution is -2.41. The quantitative estimate of drug-likeness (QED) is 0.413. The minimum atomic E-state index is -1.32. The summed E-state index contributed by atoms with van der Waals surface area (Å²) in [5.41, 5.74) is 2.67. The number of thiophene rings is 1. The number of fused-ring (bicyclic) bond motifs is 2. The normalized spacial score (nSPS) is 20.6. The molecule has 154 valence electrons. The van der Waals surface area contributed by atoms with Gasteiger partial charge in [0, 0.05) is 17.3 Å². The van der Waals surface area contributed by atoms with Crippen molar-refractivity contribution in [3.05, 3.63) is 57.6 Å². The molecular weight excluding hydrogens is 432 g/mol. The van der Waals surface area contributed by atoms with Crippen molar-refractivity contribution in [2.75, 3.05) is 18.1 Å². The van der Waals surface area contributed by atoms with Gasteiger partial charge in [0.1, 0.15) is 28.1 Å². The lowest BCUT2D eigenvalue weighted by molar-refractivity contribution is 0.0930. The second kappa shape index (κ2) is 8.67. The number of rotatable bonds is 7. The third-order valence-electron chi connectivity index (χ3n) is 5.17. The highest BCUT2D eigenvalue weighted by Crippen LogP contribution is 2.35. The fourth-order valence-corrected chi connectivity index (χ4v) is 6.44. The van der Waals surface area contributed by atoms with Gasteiger partial charge in [-0.2, -0.15) is 0 Å². The maximum Gasteiger partial charge on any atom is 0.268 e. The molecular formula is C20H21ClN2O4S2. The highest BCUT2D eigenvalue weighted by Gasteiger charge is 2.37. The summed E-state index contributed by atoms with van der Waals surface area (Å²) >= 11 is 6.06. The molecule has 1 aliphatic carbocycles. The summed E-state index contributed by atoms with van der Waals surface area (Å²) in [5.74, 6) is -0.00120. The molecule has 6 nitrogen and oxygen atoms in total. The molecule has 4 N–H and O–H groups in total. The van der Waals surface area contributed by atoms with Gasteiger partial charge in [-0.25, -0.2) is 0 Å². The summed E-state index contributed by atoms with van der Waals surface area (Å²) in [6, 6.07) is 11.3.